The number of rotatable bonds is 7. The van der Waals surface area contributed by atoms with Crippen molar-refractivity contribution in [3.63, 3.8) is 0 Å². The molecule has 37 heavy (non-hydrogen) atoms. The summed E-state index contributed by atoms with van der Waals surface area (Å²) in [7, 11) is 0. The molecule has 4 aromatic heterocycles. The maximum absolute atomic E-state index is 13.0. The number of anilines is 1. The van der Waals surface area contributed by atoms with Gasteiger partial charge in [-0.25, -0.2) is 25.1 Å². The summed E-state index contributed by atoms with van der Waals surface area (Å²) in [5.41, 5.74) is 9.98. The predicted molar refractivity (Wildman–Crippen MR) is 140 cm³/mol. The van der Waals surface area contributed by atoms with Gasteiger partial charge in [-0.1, -0.05) is 6.07 Å². The second-order valence-corrected chi connectivity index (χ2v) is 9.33. The van der Waals surface area contributed by atoms with Crippen LogP contribution in [0.15, 0.2) is 55.1 Å². The van der Waals surface area contributed by atoms with Crippen LogP contribution in [-0.2, 0) is 0 Å². The van der Waals surface area contributed by atoms with Gasteiger partial charge < -0.3 is 10.6 Å². The minimum absolute atomic E-state index is 0.0852. The van der Waals surface area contributed by atoms with Gasteiger partial charge in [0.1, 0.15) is 11.5 Å². The third kappa shape index (κ3) is 5.63. The van der Waals surface area contributed by atoms with Crippen molar-refractivity contribution in [3.05, 3.63) is 77.6 Å². The number of hydrazine groups is 1. The molecular weight excluding hydrogens is 468 g/mol. The van der Waals surface area contributed by atoms with Crippen LogP contribution in [0.1, 0.15) is 53.6 Å². The number of aromatic nitrogens is 6. The Morgan fingerprint density at radius 2 is 2.00 bits per heavy atom. The zero-order valence-electron chi connectivity index (χ0n) is 21.2. The second kappa shape index (κ2) is 10.4. The maximum Gasteiger partial charge on any atom is 0.270 e. The molecule has 0 aromatic carbocycles. The van der Waals surface area contributed by atoms with Gasteiger partial charge in [0.25, 0.3) is 5.91 Å². The van der Waals surface area contributed by atoms with Crippen LogP contribution in [0.25, 0.3) is 17.2 Å². The fraction of sp³-hybridized carbons (Fsp3) is 0.308. The summed E-state index contributed by atoms with van der Waals surface area (Å²) < 4.78 is 1.68. The van der Waals surface area contributed by atoms with Crippen molar-refractivity contribution >= 4 is 11.7 Å². The lowest BCUT2D eigenvalue weighted by Crippen LogP contribution is -2.36. The van der Waals surface area contributed by atoms with Crippen LogP contribution >= 0.6 is 0 Å². The highest BCUT2D eigenvalue weighted by atomic mass is 16.1. The van der Waals surface area contributed by atoms with E-state index < -0.39 is 0 Å². The Kier molecular flexibility index (Phi) is 6.89. The number of hydrogen-bond acceptors (Lipinski definition) is 9. The molecule has 1 saturated heterocycles. The van der Waals surface area contributed by atoms with Gasteiger partial charge in [0.05, 0.1) is 12.2 Å². The van der Waals surface area contributed by atoms with Gasteiger partial charge in [0.15, 0.2) is 11.6 Å². The first kappa shape index (κ1) is 24.5. The molecular formula is C26H30N10O. The van der Waals surface area contributed by atoms with Gasteiger partial charge in [-0.3, -0.25) is 15.2 Å². The van der Waals surface area contributed by atoms with Gasteiger partial charge in [-0.05, 0) is 63.4 Å². The zero-order chi connectivity index (χ0) is 25.9. The van der Waals surface area contributed by atoms with Gasteiger partial charge in [-0.2, -0.15) is 5.10 Å². The van der Waals surface area contributed by atoms with E-state index in [1.165, 1.54) is 0 Å². The molecule has 11 nitrogen and oxygen atoms in total. The average Bonchev–Trinajstić information content (AvgIpc) is 3.56. The lowest BCUT2D eigenvalue weighted by atomic mass is 10.1. The standard InChI is InChI=1S/C26H30N10O/c1-15-10-20(25-30-16(2)11-21(33-25)32-22-12-17(3)34-35-22)14-28-24(15)26(37)31-18(4)19-6-7-23(27-13-19)36-9-5-8-29-36/h5-11,13-14,17-18,22,34-35H,12H2,1-4H3,(H,31,37)(H,30,32,33)/t17?,18-,22?/m0/s1. The molecule has 1 aliphatic rings. The molecule has 11 heteroatoms. The summed E-state index contributed by atoms with van der Waals surface area (Å²) in [4.78, 5) is 31.2. The topological polar surface area (TPSA) is 135 Å². The maximum atomic E-state index is 13.0. The third-order valence-electron chi connectivity index (χ3n) is 6.18. The number of amides is 1. The van der Waals surface area contributed by atoms with Crippen LogP contribution in [-0.4, -0.2) is 47.8 Å². The van der Waals surface area contributed by atoms with Crippen molar-refractivity contribution in [2.75, 3.05) is 5.32 Å². The Labute approximate surface area is 215 Å². The van der Waals surface area contributed by atoms with E-state index in [0.29, 0.717) is 23.4 Å². The first-order valence-corrected chi connectivity index (χ1v) is 12.2. The summed E-state index contributed by atoms with van der Waals surface area (Å²) in [6.07, 6.45) is 7.93. The van der Waals surface area contributed by atoms with Crippen LogP contribution in [0.4, 0.5) is 5.82 Å². The zero-order valence-corrected chi connectivity index (χ0v) is 21.2. The first-order valence-electron chi connectivity index (χ1n) is 12.2. The largest absolute Gasteiger partial charge is 0.353 e. The number of aryl methyl sites for hydroxylation is 2. The Bertz CT molecular complexity index is 1390. The molecule has 190 valence electrons. The summed E-state index contributed by atoms with van der Waals surface area (Å²) in [5, 5.41) is 10.6. The number of carbonyl (C=O) groups is 1. The normalized spacial score (nSPS) is 17.9. The monoisotopic (exact) mass is 498 g/mol. The van der Waals surface area contributed by atoms with Crippen LogP contribution in [0.2, 0.25) is 0 Å². The minimum atomic E-state index is -0.255. The minimum Gasteiger partial charge on any atom is -0.353 e. The van der Waals surface area contributed by atoms with E-state index in [-0.39, 0.29) is 18.1 Å². The van der Waals surface area contributed by atoms with E-state index in [4.69, 9.17) is 0 Å². The lowest BCUT2D eigenvalue weighted by molar-refractivity contribution is 0.0934. The van der Waals surface area contributed by atoms with Gasteiger partial charge in [0, 0.05) is 48.2 Å². The highest BCUT2D eigenvalue weighted by molar-refractivity contribution is 5.94. The van der Waals surface area contributed by atoms with E-state index in [1.54, 1.807) is 23.3 Å². The summed E-state index contributed by atoms with van der Waals surface area (Å²) >= 11 is 0. The van der Waals surface area contributed by atoms with Crippen molar-refractivity contribution in [3.8, 4) is 17.2 Å². The lowest BCUT2D eigenvalue weighted by Gasteiger charge is -2.16. The number of pyridine rings is 2. The number of carbonyl (C=O) groups excluding carboxylic acids is 1. The number of nitrogens with one attached hydrogen (secondary N) is 4. The number of nitrogens with zero attached hydrogens (tertiary/aromatic N) is 6. The SMILES string of the molecule is Cc1cc(NC2CC(C)NN2)nc(-c2cnc(C(=O)N[C@@H](C)c3ccc(-n4cccn4)nc3)c(C)c2)n1. The summed E-state index contributed by atoms with van der Waals surface area (Å²) in [6.45, 7) is 7.82. The van der Waals surface area contributed by atoms with E-state index in [2.05, 4.69) is 53.4 Å². The van der Waals surface area contributed by atoms with E-state index in [1.807, 2.05) is 57.3 Å². The molecule has 2 unspecified atom stereocenters. The highest BCUT2D eigenvalue weighted by Gasteiger charge is 2.21. The second-order valence-electron chi connectivity index (χ2n) is 9.33. The molecule has 0 bridgehead atoms. The van der Waals surface area contributed by atoms with Gasteiger partial charge >= 0.3 is 0 Å². The van der Waals surface area contributed by atoms with Crippen molar-refractivity contribution in [2.24, 2.45) is 0 Å². The molecule has 0 aliphatic carbocycles. The van der Waals surface area contributed by atoms with Crippen LogP contribution < -0.4 is 21.5 Å². The summed E-state index contributed by atoms with van der Waals surface area (Å²) in [5.74, 6) is 1.74. The highest BCUT2D eigenvalue weighted by Crippen LogP contribution is 2.21. The quantitative estimate of drug-likeness (QED) is 0.303. The van der Waals surface area contributed by atoms with Crippen LogP contribution in [0.5, 0.6) is 0 Å². The van der Waals surface area contributed by atoms with E-state index in [0.717, 1.165) is 34.6 Å². The first-order chi connectivity index (χ1) is 17.9. The Morgan fingerprint density at radius 3 is 2.68 bits per heavy atom. The smallest absolute Gasteiger partial charge is 0.270 e. The molecule has 1 aliphatic heterocycles. The van der Waals surface area contributed by atoms with E-state index in [9.17, 15) is 4.79 Å². The molecule has 5 rings (SSSR count). The predicted octanol–water partition coefficient (Wildman–Crippen LogP) is 2.85. The molecule has 0 saturated carbocycles. The molecule has 3 atom stereocenters. The Morgan fingerprint density at radius 1 is 1.14 bits per heavy atom. The average molecular weight is 499 g/mol. The summed E-state index contributed by atoms with van der Waals surface area (Å²) in [6, 6.07) is 9.57. The molecule has 1 fully saturated rings. The number of hydrogen-bond donors (Lipinski definition) is 4. The van der Waals surface area contributed by atoms with Crippen molar-refractivity contribution < 1.29 is 4.79 Å². The fourth-order valence-corrected chi connectivity index (χ4v) is 4.24. The van der Waals surface area contributed by atoms with Crippen molar-refractivity contribution in [1.82, 2.24) is 45.9 Å². The van der Waals surface area contributed by atoms with Gasteiger partial charge in [-0.15, -0.1) is 0 Å². The Hall–Kier alpha value is -4.22. The van der Waals surface area contributed by atoms with E-state index >= 15 is 0 Å². The molecule has 4 aromatic rings. The molecule has 5 heterocycles. The van der Waals surface area contributed by atoms with Gasteiger partial charge in [0.2, 0.25) is 0 Å². The molecule has 1 amide bonds. The molecule has 4 N–H and O–H groups in total. The van der Waals surface area contributed by atoms with Crippen molar-refractivity contribution in [2.45, 2.75) is 52.4 Å². The molecule has 0 radical (unpaired) electrons. The Balaban J connectivity index is 1.28. The molecule has 0 spiro atoms. The fourth-order valence-electron chi connectivity index (χ4n) is 4.24. The third-order valence-corrected chi connectivity index (χ3v) is 6.18. The van der Waals surface area contributed by atoms with Crippen LogP contribution in [0.3, 0.4) is 0 Å². The van der Waals surface area contributed by atoms with Crippen molar-refractivity contribution in [1.29, 1.82) is 0 Å². The van der Waals surface area contributed by atoms with Crippen LogP contribution in [0, 0.1) is 13.8 Å².